The van der Waals surface area contributed by atoms with E-state index in [1.807, 2.05) is 25.7 Å². The summed E-state index contributed by atoms with van der Waals surface area (Å²) in [5, 5.41) is 0. The Morgan fingerprint density at radius 1 is 1.50 bits per heavy atom. The molecule has 1 saturated heterocycles. The van der Waals surface area contributed by atoms with Gasteiger partial charge in [0, 0.05) is 23.8 Å². The zero-order valence-corrected chi connectivity index (χ0v) is 12.5. The van der Waals surface area contributed by atoms with Crippen LogP contribution in [-0.2, 0) is 4.74 Å². The van der Waals surface area contributed by atoms with Crippen molar-refractivity contribution in [1.82, 2.24) is 4.98 Å². The largest absolute Gasteiger partial charge is 0.371 e. The minimum Gasteiger partial charge on any atom is -0.371 e. The molecule has 5 heteroatoms. The average molecular weight is 317 g/mol. The van der Waals surface area contributed by atoms with E-state index in [-0.39, 0.29) is 11.7 Å². The first kappa shape index (κ1) is 13.7. The number of hydrogen-bond donors (Lipinski definition) is 0. The summed E-state index contributed by atoms with van der Waals surface area (Å²) in [4.78, 5) is 5.72. The van der Waals surface area contributed by atoms with E-state index in [1.165, 1.54) is 6.20 Å². The maximum Gasteiger partial charge on any atom is 0.236 e. The van der Waals surface area contributed by atoms with E-state index >= 15 is 0 Å². The molecule has 1 aromatic heterocycles. The van der Waals surface area contributed by atoms with E-state index in [4.69, 9.17) is 4.74 Å². The molecule has 1 aliphatic heterocycles. The number of nitrogens with zero attached hydrogens (tertiary/aromatic N) is 2. The number of ether oxygens (including phenoxy) is 1. The topological polar surface area (TPSA) is 25.4 Å². The molecule has 1 atom stereocenters. The maximum atomic E-state index is 13.7. The molecule has 100 valence electrons. The SMILES string of the molecule is CC(C)(C)O[C@@H]1CCN(c2cc(Br)cnc2F)C1. The monoisotopic (exact) mass is 316 g/mol. The van der Waals surface area contributed by atoms with E-state index < -0.39 is 5.95 Å². The zero-order chi connectivity index (χ0) is 13.3. The highest BCUT2D eigenvalue weighted by molar-refractivity contribution is 9.10. The van der Waals surface area contributed by atoms with E-state index in [1.54, 1.807) is 6.07 Å². The molecule has 1 fully saturated rings. The second kappa shape index (κ2) is 5.13. The Hall–Kier alpha value is -0.680. The van der Waals surface area contributed by atoms with Crippen molar-refractivity contribution in [3.63, 3.8) is 0 Å². The van der Waals surface area contributed by atoms with Crippen molar-refractivity contribution in [3.05, 3.63) is 22.7 Å². The Kier molecular flexibility index (Phi) is 3.92. The number of halogens is 2. The predicted molar refractivity (Wildman–Crippen MR) is 73.4 cm³/mol. The molecule has 0 spiro atoms. The van der Waals surface area contributed by atoms with E-state index in [0.29, 0.717) is 12.2 Å². The molecule has 0 N–H and O–H groups in total. The van der Waals surface area contributed by atoms with Gasteiger partial charge in [-0.05, 0) is 49.2 Å². The summed E-state index contributed by atoms with van der Waals surface area (Å²) >= 11 is 3.32. The molecular formula is C13H18BrFN2O. The number of pyridine rings is 1. The molecule has 0 aliphatic carbocycles. The Morgan fingerprint density at radius 3 is 2.89 bits per heavy atom. The number of anilines is 1. The summed E-state index contributed by atoms with van der Waals surface area (Å²) in [5.41, 5.74) is 0.388. The highest BCUT2D eigenvalue weighted by Crippen LogP contribution is 2.27. The summed E-state index contributed by atoms with van der Waals surface area (Å²) in [6.45, 7) is 7.63. The lowest BCUT2D eigenvalue weighted by Gasteiger charge is -2.25. The van der Waals surface area contributed by atoms with Gasteiger partial charge in [0.25, 0.3) is 0 Å². The molecule has 3 nitrogen and oxygen atoms in total. The third-order valence-corrected chi connectivity index (χ3v) is 3.23. The van der Waals surface area contributed by atoms with Crippen LogP contribution < -0.4 is 4.90 Å². The quantitative estimate of drug-likeness (QED) is 0.782. The van der Waals surface area contributed by atoms with Crippen molar-refractivity contribution >= 4 is 21.6 Å². The van der Waals surface area contributed by atoms with Crippen LogP contribution in [0.5, 0.6) is 0 Å². The second-order valence-corrected chi connectivity index (χ2v) is 6.47. The first-order valence-corrected chi connectivity index (χ1v) is 6.88. The summed E-state index contributed by atoms with van der Waals surface area (Å²) in [7, 11) is 0. The Morgan fingerprint density at radius 2 is 2.22 bits per heavy atom. The van der Waals surface area contributed by atoms with Crippen molar-refractivity contribution in [3.8, 4) is 0 Å². The first-order chi connectivity index (χ1) is 8.35. The summed E-state index contributed by atoms with van der Waals surface area (Å²) in [6.07, 6.45) is 2.55. The summed E-state index contributed by atoms with van der Waals surface area (Å²) in [5.74, 6) is -0.422. The predicted octanol–water partition coefficient (Wildman–Crippen LogP) is 3.38. The molecule has 2 rings (SSSR count). The molecule has 1 aromatic rings. The fourth-order valence-electron chi connectivity index (χ4n) is 2.18. The van der Waals surface area contributed by atoms with Crippen LogP contribution in [0, 0.1) is 5.95 Å². The normalized spacial score (nSPS) is 20.5. The fraction of sp³-hybridized carbons (Fsp3) is 0.615. The van der Waals surface area contributed by atoms with Gasteiger partial charge in [-0.2, -0.15) is 4.39 Å². The first-order valence-electron chi connectivity index (χ1n) is 6.09. The molecule has 0 amide bonds. The minimum absolute atomic E-state index is 0.156. The number of hydrogen-bond acceptors (Lipinski definition) is 3. The van der Waals surface area contributed by atoms with Crippen LogP contribution in [0.3, 0.4) is 0 Å². The highest BCUT2D eigenvalue weighted by Gasteiger charge is 2.28. The van der Waals surface area contributed by atoms with E-state index in [9.17, 15) is 4.39 Å². The molecule has 0 bridgehead atoms. The lowest BCUT2D eigenvalue weighted by Crippen LogP contribution is -2.30. The van der Waals surface area contributed by atoms with Crippen molar-refractivity contribution < 1.29 is 9.13 Å². The highest BCUT2D eigenvalue weighted by atomic mass is 79.9. The molecule has 0 radical (unpaired) electrons. The van der Waals surface area contributed by atoms with Crippen LogP contribution in [0.4, 0.5) is 10.1 Å². The van der Waals surface area contributed by atoms with Crippen LogP contribution in [0.2, 0.25) is 0 Å². The third-order valence-electron chi connectivity index (χ3n) is 2.79. The van der Waals surface area contributed by atoms with Crippen LogP contribution in [-0.4, -0.2) is 29.8 Å². The lowest BCUT2D eigenvalue weighted by atomic mass is 10.2. The number of aromatic nitrogens is 1. The summed E-state index contributed by atoms with van der Waals surface area (Å²) in [6, 6.07) is 1.77. The maximum absolute atomic E-state index is 13.7. The van der Waals surface area contributed by atoms with Crippen molar-refractivity contribution in [2.75, 3.05) is 18.0 Å². The molecule has 1 aliphatic rings. The van der Waals surface area contributed by atoms with Gasteiger partial charge in [-0.3, -0.25) is 0 Å². The molecule has 0 saturated carbocycles. The van der Waals surface area contributed by atoms with Gasteiger partial charge in [-0.25, -0.2) is 4.98 Å². The van der Waals surface area contributed by atoms with Crippen molar-refractivity contribution in [2.24, 2.45) is 0 Å². The minimum atomic E-state index is -0.422. The van der Waals surface area contributed by atoms with Crippen LogP contribution >= 0.6 is 15.9 Å². The molecule has 18 heavy (non-hydrogen) atoms. The van der Waals surface area contributed by atoms with Crippen LogP contribution in [0.15, 0.2) is 16.7 Å². The van der Waals surface area contributed by atoms with Gasteiger partial charge in [-0.1, -0.05) is 0 Å². The van der Waals surface area contributed by atoms with E-state index in [0.717, 1.165) is 17.4 Å². The van der Waals surface area contributed by atoms with Gasteiger partial charge in [0.05, 0.1) is 17.4 Å². The Labute approximate surface area is 115 Å². The Balaban J connectivity index is 2.06. The lowest BCUT2D eigenvalue weighted by molar-refractivity contribution is -0.0492. The van der Waals surface area contributed by atoms with Gasteiger partial charge in [0.15, 0.2) is 0 Å². The fourth-order valence-corrected chi connectivity index (χ4v) is 2.50. The second-order valence-electron chi connectivity index (χ2n) is 5.55. The van der Waals surface area contributed by atoms with E-state index in [2.05, 4.69) is 20.9 Å². The van der Waals surface area contributed by atoms with Gasteiger partial charge >= 0.3 is 0 Å². The van der Waals surface area contributed by atoms with Gasteiger partial charge in [0.2, 0.25) is 5.95 Å². The molecule has 2 heterocycles. The standard InChI is InChI=1S/C13H18BrFN2O/c1-13(2,3)18-10-4-5-17(8-10)11-6-9(14)7-16-12(11)15/h6-7,10H,4-5,8H2,1-3H3/t10-/m1/s1. The number of rotatable bonds is 2. The smallest absolute Gasteiger partial charge is 0.236 e. The van der Waals surface area contributed by atoms with Crippen molar-refractivity contribution in [1.29, 1.82) is 0 Å². The summed E-state index contributed by atoms with van der Waals surface area (Å²) < 4.78 is 20.4. The van der Waals surface area contributed by atoms with Gasteiger partial charge in [0.1, 0.15) is 0 Å². The third kappa shape index (κ3) is 3.42. The van der Waals surface area contributed by atoms with Crippen LogP contribution in [0.25, 0.3) is 0 Å². The molecule has 0 unspecified atom stereocenters. The van der Waals surface area contributed by atoms with Crippen LogP contribution in [0.1, 0.15) is 27.2 Å². The molecule has 0 aromatic carbocycles. The zero-order valence-electron chi connectivity index (χ0n) is 10.9. The molecular weight excluding hydrogens is 299 g/mol. The van der Waals surface area contributed by atoms with Gasteiger partial charge in [-0.15, -0.1) is 0 Å². The van der Waals surface area contributed by atoms with Gasteiger partial charge < -0.3 is 9.64 Å². The van der Waals surface area contributed by atoms with Crippen molar-refractivity contribution in [2.45, 2.75) is 38.9 Å². The Bertz CT molecular complexity index is 433. The average Bonchev–Trinajstić information content (AvgIpc) is 2.67.